The second kappa shape index (κ2) is 9.76. The first kappa shape index (κ1) is 22.5. The van der Waals surface area contributed by atoms with E-state index in [0.717, 1.165) is 10.5 Å². The number of benzene rings is 2. The number of imide groups is 2. The third-order valence-electron chi connectivity index (χ3n) is 4.35. The molecule has 2 aromatic rings. The Morgan fingerprint density at radius 2 is 1.81 bits per heavy atom. The van der Waals surface area contributed by atoms with Gasteiger partial charge in [0, 0.05) is 5.02 Å². The quantitative estimate of drug-likeness (QED) is 0.327. The van der Waals surface area contributed by atoms with Gasteiger partial charge in [-0.2, -0.15) is 0 Å². The average molecular weight is 502 g/mol. The Morgan fingerprint density at radius 3 is 2.45 bits per heavy atom. The Kier molecular flexibility index (Phi) is 7.09. The number of carbonyl (C=O) groups excluding carboxylic acids is 3. The number of rotatable bonds is 7. The van der Waals surface area contributed by atoms with E-state index in [9.17, 15) is 14.4 Å². The van der Waals surface area contributed by atoms with E-state index < -0.39 is 17.8 Å². The predicted molar refractivity (Wildman–Crippen MR) is 124 cm³/mol. The third-order valence-corrected chi connectivity index (χ3v) is 5.19. The summed E-state index contributed by atoms with van der Waals surface area (Å²) >= 11 is 9.36. The molecule has 0 bridgehead atoms. The molecule has 0 aromatic heterocycles. The molecule has 0 radical (unpaired) electrons. The molecule has 8 heteroatoms. The standard InChI is InChI=1S/C23H18BrClN2O4/c1-3-5-15-11-14(13-19(24)20(15)31-10-4-2)12-18-21(28)26-23(30)27(22(18)29)17-8-6-16(25)7-9-17/h3-4,6-9,11-13H,1-2,5,10H2,(H,26,28,30)/b18-12+. The van der Waals surface area contributed by atoms with Crippen molar-refractivity contribution in [3.63, 3.8) is 0 Å². The summed E-state index contributed by atoms with van der Waals surface area (Å²) in [6, 6.07) is 8.85. The van der Waals surface area contributed by atoms with E-state index in [-0.39, 0.29) is 5.57 Å². The van der Waals surface area contributed by atoms with Gasteiger partial charge in [-0.05, 0) is 76.0 Å². The smallest absolute Gasteiger partial charge is 0.335 e. The summed E-state index contributed by atoms with van der Waals surface area (Å²) in [6.45, 7) is 7.72. The zero-order chi connectivity index (χ0) is 22.5. The second-order valence-corrected chi connectivity index (χ2v) is 7.81. The maximum Gasteiger partial charge on any atom is 0.335 e. The number of allylic oxidation sites excluding steroid dienone is 1. The van der Waals surface area contributed by atoms with Gasteiger partial charge in [0.2, 0.25) is 0 Å². The summed E-state index contributed by atoms with van der Waals surface area (Å²) in [5.41, 5.74) is 1.52. The first-order chi connectivity index (χ1) is 14.8. The van der Waals surface area contributed by atoms with Crippen LogP contribution in [0.15, 0.2) is 71.8 Å². The molecule has 1 saturated heterocycles. The monoisotopic (exact) mass is 500 g/mol. The van der Waals surface area contributed by atoms with Crippen molar-refractivity contribution in [1.29, 1.82) is 0 Å². The first-order valence-electron chi connectivity index (χ1n) is 9.19. The van der Waals surface area contributed by atoms with Crippen LogP contribution in [0.25, 0.3) is 6.08 Å². The van der Waals surface area contributed by atoms with Crippen molar-refractivity contribution in [3.05, 3.63) is 87.9 Å². The molecular formula is C23H18BrClN2O4. The van der Waals surface area contributed by atoms with Crippen LogP contribution in [0.3, 0.4) is 0 Å². The fourth-order valence-corrected chi connectivity index (χ4v) is 3.78. The molecule has 0 unspecified atom stereocenters. The van der Waals surface area contributed by atoms with Crippen molar-refractivity contribution < 1.29 is 19.1 Å². The summed E-state index contributed by atoms with van der Waals surface area (Å²) in [4.78, 5) is 38.6. The highest BCUT2D eigenvalue weighted by atomic mass is 79.9. The minimum absolute atomic E-state index is 0.175. The summed E-state index contributed by atoms with van der Waals surface area (Å²) in [5, 5.41) is 2.66. The molecule has 0 aliphatic carbocycles. The van der Waals surface area contributed by atoms with Crippen molar-refractivity contribution in [3.8, 4) is 5.75 Å². The lowest BCUT2D eigenvalue weighted by molar-refractivity contribution is -0.122. The summed E-state index contributed by atoms with van der Waals surface area (Å²) in [7, 11) is 0. The molecular weight excluding hydrogens is 484 g/mol. The van der Waals surface area contributed by atoms with Crippen LogP contribution in [0.4, 0.5) is 10.5 Å². The first-order valence-corrected chi connectivity index (χ1v) is 10.4. The van der Waals surface area contributed by atoms with Gasteiger partial charge in [-0.1, -0.05) is 30.3 Å². The number of amides is 4. The molecule has 0 spiro atoms. The van der Waals surface area contributed by atoms with Crippen LogP contribution in [0, 0.1) is 0 Å². The lowest BCUT2D eigenvalue weighted by atomic mass is 10.0. The molecule has 0 atom stereocenters. The highest BCUT2D eigenvalue weighted by Crippen LogP contribution is 2.33. The van der Waals surface area contributed by atoms with Crippen LogP contribution in [-0.4, -0.2) is 24.5 Å². The van der Waals surface area contributed by atoms with Crippen LogP contribution in [0.2, 0.25) is 5.02 Å². The average Bonchev–Trinajstić information content (AvgIpc) is 2.72. The maximum absolute atomic E-state index is 13.0. The summed E-state index contributed by atoms with van der Waals surface area (Å²) < 4.78 is 6.36. The number of barbiturate groups is 1. The van der Waals surface area contributed by atoms with E-state index in [1.807, 2.05) is 0 Å². The number of nitrogens with one attached hydrogen (secondary N) is 1. The minimum Gasteiger partial charge on any atom is -0.488 e. The van der Waals surface area contributed by atoms with Crippen LogP contribution < -0.4 is 15.0 Å². The molecule has 1 heterocycles. The molecule has 0 saturated carbocycles. The van der Waals surface area contributed by atoms with Gasteiger partial charge < -0.3 is 4.74 Å². The number of carbonyl (C=O) groups is 3. The molecule has 158 valence electrons. The number of halogens is 2. The maximum atomic E-state index is 13.0. The molecule has 1 aliphatic rings. The number of hydrogen-bond acceptors (Lipinski definition) is 4. The number of nitrogens with zero attached hydrogens (tertiary/aromatic N) is 1. The molecule has 31 heavy (non-hydrogen) atoms. The predicted octanol–water partition coefficient (Wildman–Crippen LogP) is 5.06. The van der Waals surface area contributed by atoms with Gasteiger partial charge in [0.1, 0.15) is 17.9 Å². The van der Waals surface area contributed by atoms with Crippen LogP contribution >= 0.6 is 27.5 Å². The highest BCUT2D eigenvalue weighted by molar-refractivity contribution is 9.10. The number of ether oxygens (including phenoxy) is 1. The van der Waals surface area contributed by atoms with Gasteiger partial charge in [-0.25, -0.2) is 9.69 Å². The van der Waals surface area contributed by atoms with E-state index in [2.05, 4.69) is 34.4 Å². The molecule has 4 amide bonds. The Morgan fingerprint density at radius 1 is 1.10 bits per heavy atom. The number of urea groups is 1. The van der Waals surface area contributed by atoms with E-state index in [4.69, 9.17) is 16.3 Å². The third kappa shape index (κ3) is 4.95. The van der Waals surface area contributed by atoms with Crippen molar-refractivity contribution in [2.24, 2.45) is 0 Å². The van der Waals surface area contributed by atoms with Crippen molar-refractivity contribution >= 4 is 57.1 Å². The Labute approximate surface area is 193 Å². The van der Waals surface area contributed by atoms with Gasteiger partial charge >= 0.3 is 6.03 Å². The van der Waals surface area contributed by atoms with Crippen molar-refractivity contribution in [2.75, 3.05) is 11.5 Å². The number of hydrogen-bond donors (Lipinski definition) is 1. The van der Waals surface area contributed by atoms with E-state index in [0.29, 0.717) is 39.5 Å². The highest BCUT2D eigenvalue weighted by Gasteiger charge is 2.36. The van der Waals surface area contributed by atoms with Gasteiger partial charge in [-0.15, -0.1) is 6.58 Å². The molecule has 1 aliphatic heterocycles. The van der Waals surface area contributed by atoms with Gasteiger partial charge in [0.05, 0.1) is 10.2 Å². The lowest BCUT2D eigenvalue weighted by Crippen LogP contribution is -2.54. The van der Waals surface area contributed by atoms with Crippen molar-refractivity contribution in [2.45, 2.75) is 6.42 Å². The fourth-order valence-electron chi connectivity index (χ4n) is 3.02. The molecule has 6 nitrogen and oxygen atoms in total. The summed E-state index contributed by atoms with van der Waals surface area (Å²) in [6.07, 6.45) is 5.30. The fraction of sp³-hybridized carbons (Fsp3) is 0.0870. The molecule has 1 N–H and O–H groups in total. The van der Waals surface area contributed by atoms with Crippen LogP contribution in [0.5, 0.6) is 5.75 Å². The minimum atomic E-state index is -0.823. The zero-order valence-electron chi connectivity index (χ0n) is 16.4. The largest absolute Gasteiger partial charge is 0.488 e. The molecule has 2 aromatic carbocycles. The summed E-state index contributed by atoms with van der Waals surface area (Å²) in [5.74, 6) is -0.877. The topological polar surface area (TPSA) is 75.7 Å². The van der Waals surface area contributed by atoms with Crippen LogP contribution in [-0.2, 0) is 16.0 Å². The van der Waals surface area contributed by atoms with Crippen LogP contribution in [0.1, 0.15) is 11.1 Å². The normalized spacial score (nSPS) is 15.1. The second-order valence-electron chi connectivity index (χ2n) is 6.52. The van der Waals surface area contributed by atoms with E-state index in [1.165, 1.54) is 18.2 Å². The van der Waals surface area contributed by atoms with Crippen molar-refractivity contribution in [1.82, 2.24) is 5.32 Å². The molecule has 1 fully saturated rings. The SMILES string of the molecule is C=CCOc1c(Br)cc(/C=C2\C(=O)NC(=O)N(c3ccc(Cl)cc3)C2=O)cc1CC=C. The Hall–Kier alpha value is -3.16. The van der Waals surface area contributed by atoms with E-state index in [1.54, 1.807) is 36.4 Å². The lowest BCUT2D eigenvalue weighted by Gasteiger charge is -2.26. The van der Waals surface area contributed by atoms with Gasteiger partial charge in [0.25, 0.3) is 11.8 Å². The van der Waals surface area contributed by atoms with Gasteiger partial charge in [-0.3, -0.25) is 14.9 Å². The van der Waals surface area contributed by atoms with Gasteiger partial charge in [0.15, 0.2) is 0 Å². The number of anilines is 1. The van der Waals surface area contributed by atoms with E-state index >= 15 is 0 Å². The zero-order valence-corrected chi connectivity index (χ0v) is 18.7. The molecule has 3 rings (SSSR count). The Balaban J connectivity index is 2.02. The Bertz CT molecular complexity index is 1110.